The number of esters is 2. The van der Waals surface area contributed by atoms with Crippen LogP contribution in [0.1, 0.15) is 119 Å². The molecule has 170 valence electrons. The lowest BCUT2D eigenvalue weighted by molar-refractivity contribution is 0.0428. The molecule has 0 aliphatic rings. The number of hydrogen-bond acceptors (Lipinski definition) is 4. The van der Waals surface area contributed by atoms with Crippen molar-refractivity contribution in [3.05, 3.63) is 35.4 Å². The van der Waals surface area contributed by atoms with Gasteiger partial charge < -0.3 is 9.47 Å². The first-order chi connectivity index (χ1) is 14.6. The summed E-state index contributed by atoms with van der Waals surface area (Å²) in [6, 6.07) is 6.65. The average Bonchev–Trinajstić information content (AvgIpc) is 2.77. The van der Waals surface area contributed by atoms with Crippen molar-refractivity contribution in [3.63, 3.8) is 0 Å². The summed E-state index contributed by atoms with van der Waals surface area (Å²) in [5, 5.41) is 0. The van der Waals surface area contributed by atoms with Gasteiger partial charge in [0.15, 0.2) is 0 Å². The predicted octanol–water partition coefficient (Wildman–Crippen LogP) is 7.36. The Balaban J connectivity index is 2.34. The van der Waals surface area contributed by atoms with Crippen LogP contribution in [-0.4, -0.2) is 25.2 Å². The minimum atomic E-state index is -0.373. The third-order valence-electron chi connectivity index (χ3n) is 5.56. The van der Waals surface area contributed by atoms with Crippen LogP contribution in [0.15, 0.2) is 24.3 Å². The third kappa shape index (κ3) is 11.4. The lowest BCUT2D eigenvalue weighted by Crippen LogP contribution is -2.15. The lowest BCUT2D eigenvalue weighted by atomic mass is 10.0. The molecule has 0 amide bonds. The molecule has 1 unspecified atom stereocenters. The van der Waals surface area contributed by atoms with Crippen molar-refractivity contribution in [3.8, 4) is 0 Å². The molecule has 0 heterocycles. The van der Waals surface area contributed by atoms with E-state index in [1.54, 1.807) is 24.3 Å². The third-order valence-corrected chi connectivity index (χ3v) is 5.56. The maximum absolute atomic E-state index is 12.4. The number of hydrogen-bond donors (Lipinski definition) is 0. The Morgan fingerprint density at radius 1 is 0.767 bits per heavy atom. The number of carbonyl (C=O) groups excluding carboxylic acids is 2. The van der Waals surface area contributed by atoms with Crippen molar-refractivity contribution in [2.75, 3.05) is 13.2 Å². The van der Waals surface area contributed by atoms with E-state index in [1.807, 2.05) is 0 Å². The number of carbonyl (C=O) groups is 2. The smallest absolute Gasteiger partial charge is 0.338 e. The molecule has 1 aromatic rings. The molecule has 0 N–H and O–H groups in total. The quantitative estimate of drug-likeness (QED) is 0.196. The molecule has 0 fully saturated rings. The molecule has 1 aromatic carbocycles. The first-order valence-corrected chi connectivity index (χ1v) is 12.1. The van der Waals surface area contributed by atoms with E-state index in [9.17, 15) is 9.59 Å². The predicted molar refractivity (Wildman–Crippen MR) is 123 cm³/mol. The van der Waals surface area contributed by atoms with Crippen molar-refractivity contribution in [1.82, 2.24) is 0 Å². The summed E-state index contributed by atoms with van der Waals surface area (Å²) in [5.74, 6) is -0.349. The van der Waals surface area contributed by atoms with Crippen LogP contribution in [0, 0.1) is 5.92 Å². The van der Waals surface area contributed by atoms with E-state index in [-0.39, 0.29) is 11.9 Å². The fraction of sp³-hybridized carbons (Fsp3) is 0.692. The van der Waals surface area contributed by atoms with Crippen LogP contribution in [-0.2, 0) is 9.47 Å². The van der Waals surface area contributed by atoms with Gasteiger partial charge in [-0.1, -0.05) is 91.0 Å². The maximum Gasteiger partial charge on any atom is 0.338 e. The van der Waals surface area contributed by atoms with Gasteiger partial charge >= 0.3 is 11.9 Å². The van der Waals surface area contributed by atoms with E-state index in [1.165, 1.54) is 38.5 Å². The summed E-state index contributed by atoms with van der Waals surface area (Å²) in [6.45, 7) is 7.37. The molecule has 4 nitrogen and oxygen atoms in total. The lowest BCUT2D eigenvalue weighted by Gasteiger charge is -2.14. The number of unbranched alkanes of at least 4 members (excludes halogenated alkanes) is 8. The second kappa shape index (κ2) is 16.9. The Labute approximate surface area is 183 Å². The summed E-state index contributed by atoms with van der Waals surface area (Å²) in [5.41, 5.74) is 0.809. The zero-order chi connectivity index (χ0) is 22.0. The van der Waals surface area contributed by atoms with Crippen LogP contribution in [0.2, 0.25) is 0 Å². The van der Waals surface area contributed by atoms with Gasteiger partial charge in [0.25, 0.3) is 0 Å². The molecule has 0 spiro atoms. The van der Waals surface area contributed by atoms with Crippen molar-refractivity contribution < 1.29 is 19.1 Å². The molecule has 0 aromatic heterocycles. The van der Waals surface area contributed by atoms with Crippen LogP contribution in [0.4, 0.5) is 0 Å². The topological polar surface area (TPSA) is 52.6 Å². The Morgan fingerprint density at radius 2 is 1.33 bits per heavy atom. The van der Waals surface area contributed by atoms with Gasteiger partial charge in [0.1, 0.15) is 0 Å². The van der Waals surface area contributed by atoms with Crippen molar-refractivity contribution >= 4 is 11.9 Å². The molecule has 0 radical (unpaired) electrons. The SMILES string of the molecule is CCCCCCCCCCOC(=O)c1cccc(C(=O)OCC(CC)CCCC)c1. The average molecular weight is 419 g/mol. The van der Waals surface area contributed by atoms with Gasteiger partial charge in [-0.25, -0.2) is 9.59 Å². The summed E-state index contributed by atoms with van der Waals surface area (Å²) < 4.78 is 10.9. The van der Waals surface area contributed by atoms with Crippen molar-refractivity contribution in [2.45, 2.75) is 97.8 Å². The fourth-order valence-electron chi connectivity index (χ4n) is 3.43. The highest BCUT2D eigenvalue weighted by atomic mass is 16.5. The number of benzene rings is 1. The number of ether oxygens (including phenoxy) is 2. The molecule has 30 heavy (non-hydrogen) atoms. The van der Waals surface area contributed by atoms with Crippen LogP contribution in [0.3, 0.4) is 0 Å². The zero-order valence-corrected chi connectivity index (χ0v) is 19.4. The van der Waals surface area contributed by atoms with Gasteiger partial charge in [0.2, 0.25) is 0 Å². The highest BCUT2D eigenvalue weighted by Gasteiger charge is 2.14. The first kappa shape index (κ1) is 26.2. The normalized spacial score (nSPS) is 11.8. The van der Waals surface area contributed by atoms with Crippen LogP contribution < -0.4 is 0 Å². The second-order valence-corrected chi connectivity index (χ2v) is 8.21. The van der Waals surface area contributed by atoms with Crippen LogP contribution in [0.5, 0.6) is 0 Å². The Hall–Kier alpha value is -1.84. The molecule has 1 atom stereocenters. The van der Waals surface area contributed by atoms with Crippen LogP contribution in [0.25, 0.3) is 0 Å². The molecule has 0 bridgehead atoms. The van der Waals surface area contributed by atoms with E-state index >= 15 is 0 Å². The monoisotopic (exact) mass is 418 g/mol. The van der Waals surface area contributed by atoms with E-state index in [4.69, 9.17) is 9.47 Å². The van der Waals surface area contributed by atoms with Gasteiger partial charge in [-0.05, 0) is 37.0 Å². The molecular weight excluding hydrogens is 376 g/mol. The number of rotatable bonds is 17. The van der Waals surface area contributed by atoms with E-state index in [0.717, 1.165) is 38.5 Å². The minimum absolute atomic E-state index is 0.373. The standard InChI is InChI=1S/C26H42O4/c1-4-7-9-10-11-12-13-14-19-29-25(27)23-17-15-18-24(20-23)26(28)30-21-22(6-3)16-8-5-2/h15,17-18,20,22H,4-14,16,19,21H2,1-3H3. The summed E-state index contributed by atoms with van der Waals surface area (Å²) >= 11 is 0. The van der Waals surface area contributed by atoms with Crippen LogP contribution >= 0.6 is 0 Å². The summed E-state index contributed by atoms with van der Waals surface area (Å²) in [4.78, 5) is 24.6. The Bertz CT molecular complexity index is 596. The molecule has 0 aliphatic heterocycles. The summed E-state index contributed by atoms with van der Waals surface area (Å²) in [7, 11) is 0. The molecule has 0 aliphatic carbocycles. The van der Waals surface area contributed by atoms with E-state index < -0.39 is 0 Å². The zero-order valence-electron chi connectivity index (χ0n) is 19.4. The molecule has 0 saturated carbocycles. The highest BCUT2D eigenvalue weighted by Crippen LogP contribution is 2.15. The van der Waals surface area contributed by atoms with Crippen molar-refractivity contribution in [2.24, 2.45) is 5.92 Å². The first-order valence-electron chi connectivity index (χ1n) is 12.1. The highest BCUT2D eigenvalue weighted by molar-refractivity contribution is 5.95. The fourth-order valence-corrected chi connectivity index (χ4v) is 3.43. The molecule has 1 rings (SSSR count). The van der Waals surface area contributed by atoms with E-state index in [0.29, 0.717) is 30.3 Å². The second-order valence-electron chi connectivity index (χ2n) is 8.21. The van der Waals surface area contributed by atoms with Gasteiger partial charge in [-0.3, -0.25) is 0 Å². The summed E-state index contributed by atoms with van der Waals surface area (Å²) in [6.07, 6.45) is 14.0. The largest absolute Gasteiger partial charge is 0.462 e. The molecule has 0 saturated heterocycles. The Kier molecular flexibility index (Phi) is 14.8. The van der Waals surface area contributed by atoms with Gasteiger partial charge in [-0.15, -0.1) is 0 Å². The Morgan fingerprint density at radius 3 is 1.93 bits per heavy atom. The molecule has 4 heteroatoms. The van der Waals surface area contributed by atoms with Gasteiger partial charge in [0, 0.05) is 0 Å². The van der Waals surface area contributed by atoms with Gasteiger partial charge in [0.05, 0.1) is 24.3 Å². The van der Waals surface area contributed by atoms with Crippen molar-refractivity contribution in [1.29, 1.82) is 0 Å². The minimum Gasteiger partial charge on any atom is -0.462 e. The van der Waals surface area contributed by atoms with E-state index in [2.05, 4.69) is 20.8 Å². The molecular formula is C26H42O4. The van der Waals surface area contributed by atoms with Gasteiger partial charge in [-0.2, -0.15) is 0 Å². The maximum atomic E-state index is 12.4.